The number of hydrogen-bond acceptors (Lipinski definition) is 2. The van der Waals surface area contributed by atoms with Crippen LogP contribution in [0.3, 0.4) is 0 Å². The third kappa shape index (κ3) is 1.83. The molecule has 2 atom stereocenters. The summed E-state index contributed by atoms with van der Waals surface area (Å²) in [5.41, 5.74) is 0. The van der Waals surface area contributed by atoms with Crippen molar-refractivity contribution in [1.82, 2.24) is 8.01 Å². The molecule has 1 heterocycles. The largest absolute Gasteiger partial charge is 0.301 e. The van der Waals surface area contributed by atoms with Crippen LogP contribution in [0.25, 0.3) is 0 Å². The summed E-state index contributed by atoms with van der Waals surface area (Å²) < 4.78 is 2.39. The van der Waals surface area contributed by atoms with Gasteiger partial charge in [-0.1, -0.05) is 0 Å². The van der Waals surface area contributed by atoms with Crippen molar-refractivity contribution >= 4 is 22.9 Å². The van der Waals surface area contributed by atoms with Crippen LogP contribution in [0.1, 0.15) is 13.8 Å². The molecule has 1 aliphatic heterocycles. The molecule has 0 N–H and O–H groups in total. The van der Waals surface area contributed by atoms with Crippen LogP contribution >= 0.6 is 22.9 Å². The van der Waals surface area contributed by atoms with Crippen molar-refractivity contribution in [2.24, 2.45) is 0 Å². The summed E-state index contributed by atoms with van der Waals surface area (Å²) in [4.78, 5) is 2.42. The minimum atomic E-state index is 0.710. The van der Waals surface area contributed by atoms with Crippen LogP contribution in [0.15, 0.2) is 0 Å². The van der Waals surface area contributed by atoms with Crippen LogP contribution < -0.4 is 0 Å². The first-order chi connectivity index (χ1) is 4.61. The topological polar surface area (TPSA) is 6.48 Å². The summed E-state index contributed by atoms with van der Waals surface area (Å²) in [7, 11) is 2.20. The van der Waals surface area contributed by atoms with Gasteiger partial charge < -0.3 is 4.90 Å². The summed E-state index contributed by atoms with van der Waals surface area (Å²) in [6, 6.07) is 1.43. The smallest absolute Gasteiger partial charge is 0.0293 e. The Balaban J connectivity index is 2.46. The minimum Gasteiger partial charge on any atom is -0.301 e. The monoisotopic (exact) mass is 254 g/mol. The van der Waals surface area contributed by atoms with Crippen molar-refractivity contribution in [2.75, 3.05) is 20.1 Å². The predicted molar refractivity (Wildman–Crippen MR) is 52.3 cm³/mol. The highest BCUT2D eigenvalue weighted by Crippen LogP contribution is 2.16. The Hall–Kier alpha value is 0.650. The Morgan fingerprint density at radius 1 is 1.20 bits per heavy atom. The van der Waals surface area contributed by atoms with E-state index in [-0.39, 0.29) is 0 Å². The predicted octanol–water partition coefficient (Wildman–Crippen LogP) is 1.36. The first kappa shape index (κ1) is 8.74. The lowest BCUT2D eigenvalue weighted by Gasteiger charge is -2.38. The zero-order valence-electron chi connectivity index (χ0n) is 6.84. The average Bonchev–Trinajstić information content (AvgIpc) is 1.84. The standard InChI is InChI=1S/C7H15IN2/c1-6-5-10(8)7(2)4-9(6)3/h6-7H,4-5H2,1-3H3/t6-,7+/m1/s1. The van der Waals surface area contributed by atoms with Crippen LogP contribution in [0, 0.1) is 0 Å². The second-order valence-corrected chi connectivity index (χ2v) is 4.46. The van der Waals surface area contributed by atoms with Crippen molar-refractivity contribution in [1.29, 1.82) is 0 Å². The van der Waals surface area contributed by atoms with E-state index in [1.54, 1.807) is 0 Å². The Kier molecular flexibility index (Phi) is 2.94. The Morgan fingerprint density at radius 2 is 1.80 bits per heavy atom. The number of likely N-dealkylation sites (N-methyl/N-ethyl adjacent to an activating group) is 1. The van der Waals surface area contributed by atoms with Gasteiger partial charge in [-0.15, -0.1) is 0 Å². The van der Waals surface area contributed by atoms with Gasteiger partial charge in [0.05, 0.1) is 0 Å². The molecule has 3 heteroatoms. The number of hydrogen-bond donors (Lipinski definition) is 0. The van der Waals surface area contributed by atoms with Crippen molar-refractivity contribution in [3.8, 4) is 0 Å². The van der Waals surface area contributed by atoms with Gasteiger partial charge in [-0.3, -0.25) is 0 Å². The molecule has 0 aliphatic carbocycles. The molecule has 1 saturated heterocycles. The average molecular weight is 254 g/mol. The number of nitrogens with zero attached hydrogens (tertiary/aromatic N) is 2. The van der Waals surface area contributed by atoms with E-state index in [1.165, 1.54) is 13.1 Å². The molecule has 0 unspecified atom stereocenters. The van der Waals surface area contributed by atoms with E-state index in [9.17, 15) is 0 Å². The van der Waals surface area contributed by atoms with E-state index in [1.807, 2.05) is 0 Å². The first-order valence-electron chi connectivity index (χ1n) is 3.74. The minimum absolute atomic E-state index is 0.710. The quantitative estimate of drug-likeness (QED) is 0.475. The summed E-state index contributed by atoms with van der Waals surface area (Å²) in [6.07, 6.45) is 0. The molecular formula is C7H15IN2. The van der Waals surface area contributed by atoms with Crippen LogP contribution in [0.5, 0.6) is 0 Å². The number of halogens is 1. The second-order valence-electron chi connectivity index (χ2n) is 3.22. The van der Waals surface area contributed by atoms with Gasteiger partial charge in [0, 0.05) is 48.0 Å². The van der Waals surface area contributed by atoms with Gasteiger partial charge in [0.2, 0.25) is 0 Å². The van der Waals surface area contributed by atoms with Crippen molar-refractivity contribution in [3.05, 3.63) is 0 Å². The number of rotatable bonds is 0. The molecule has 0 aromatic carbocycles. The highest BCUT2D eigenvalue weighted by Gasteiger charge is 2.24. The fraction of sp³-hybridized carbons (Fsp3) is 1.00. The fourth-order valence-electron chi connectivity index (χ4n) is 1.26. The first-order valence-corrected chi connectivity index (χ1v) is 4.70. The SMILES string of the molecule is C[C@@H]1CN(I)[C@@H](C)CN1C. The zero-order valence-corrected chi connectivity index (χ0v) is 9.00. The molecular weight excluding hydrogens is 239 g/mol. The molecule has 1 aliphatic rings. The summed E-state index contributed by atoms with van der Waals surface area (Å²) in [6.45, 7) is 6.94. The van der Waals surface area contributed by atoms with Crippen molar-refractivity contribution < 1.29 is 0 Å². The molecule has 0 saturated carbocycles. The third-order valence-electron chi connectivity index (χ3n) is 2.22. The van der Waals surface area contributed by atoms with Gasteiger partial charge in [0.1, 0.15) is 0 Å². The maximum absolute atomic E-state index is 2.42. The fourth-order valence-corrected chi connectivity index (χ4v) is 2.00. The maximum Gasteiger partial charge on any atom is 0.0293 e. The lowest BCUT2D eigenvalue weighted by molar-refractivity contribution is 0.137. The highest BCUT2D eigenvalue weighted by molar-refractivity contribution is 14.1. The number of piperazine rings is 1. The van der Waals surface area contributed by atoms with Gasteiger partial charge in [-0.2, -0.15) is 0 Å². The van der Waals surface area contributed by atoms with E-state index in [4.69, 9.17) is 0 Å². The summed E-state index contributed by atoms with van der Waals surface area (Å²) >= 11 is 2.41. The summed E-state index contributed by atoms with van der Waals surface area (Å²) in [5, 5.41) is 0. The molecule has 0 amide bonds. The van der Waals surface area contributed by atoms with Crippen molar-refractivity contribution in [2.45, 2.75) is 25.9 Å². The lowest BCUT2D eigenvalue weighted by Crippen LogP contribution is -2.50. The second kappa shape index (κ2) is 3.36. The molecule has 0 aromatic rings. The van der Waals surface area contributed by atoms with Crippen LogP contribution in [0.2, 0.25) is 0 Å². The van der Waals surface area contributed by atoms with Gasteiger partial charge in [-0.05, 0) is 20.9 Å². The van der Waals surface area contributed by atoms with E-state index in [0.717, 1.165) is 0 Å². The Bertz CT molecular complexity index is 92.2. The zero-order chi connectivity index (χ0) is 7.72. The molecule has 1 rings (SSSR count). The molecule has 10 heavy (non-hydrogen) atoms. The molecule has 60 valence electrons. The molecule has 2 nitrogen and oxygen atoms in total. The van der Waals surface area contributed by atoms with Gasteiger partial charge >= 0.3 is 0 Å². The molecule has 0 aromatic heterocycles. The van der Waals surface area contributed by atoms with E-state index in [2.05, 4.69) is 51.8 Å². The van der Waals surface area contributed by atoms with Crippen molar-refractivity contribution in [3.63, 3.8) is 0 Å². The third-order valence-corrected chi connectivity index (χ3v) is 3.57. The van der Waals surface area contributed by atoms with E-state index < -0.39 is 0 Å². The summed E-state index contributed by atoms with van der Waals surface area (Å²) in [5.74, 6) is 0. The molecule has 0 bridgehead atoms. The van der Waals surface area contributed by atoms with Gasteiger partial charge in [0.25, 0.3) is 0 Å². The van der Waals surface area contributed by atoms with Crippen LogP contribution in [-0.2, 0) is 0 Å². The molecule has 0 radical (unpaired) electrons. The highest BCUT2D eigenvalue weighted by atomic mass is 127. The normalized spacial score (nSPS) is 38.4. The lowest BCUT2D eigenvalue weighted by atomic mass is 10.2. The van der Waals surface area contributed by atoms with Gasteiger partial charge in [0.15, 0.2) is 0 Å². The maximum atomic E-state index is 2.42. The Morgan fingerprint density at radius 3 is 2.30 bits per heavy atom. The van der Waals surface area contributed by atoms with Gasteiger partial charge in [-0.25, -0.2) is 3.11 Å². The molecule has 1 fully saturated rings. The Labute approximate surface area is 77.1 Å². The van der Waals surface area contributed by atoms with E-state index >= 15 is 0 Å². The molecule has 0 spiro atoms. The van der Waals surface area contributed by atoms with Crippen LogP contribution in [0.4, 0.5) is 0 Å². The van der Waals surface area contributed by atoms with E-state index in [0.29, 0.717) is 12.1 Å². The van der Waals surface area contributed by atoms with Crippen LogP contribution in [-0.4, -0.2) is 40.2 Å².